The molecule has 0 aliphatic carbocycles. The highest BCUT2D eigenvalue weighted by Crippen LogP contribution is 2.03. The maximum atomic E-state index is 11.3. The van der Waals surface area contributed by atoms with Crippen LogP contribution in [0, 0.1) is 0 Å². The molecule has 0 aliphatic rings. The summed E-state index contributed by atoms with van der Waals surface area (Å²) in [7, 11) is -0.846. The van der Waals surface area contributed by atoms with Crippen LogP contribution in [0.15, 0.2) is 29.4 Å². The zero-order chi connectivity index (χ0) is 8.10. The molecule has 0 spiro atoms. The highest BCUT2D eigenvalue weighted by molar-refractivity contribution is 7.85. The number of aromatic nitrogens is 1. The number of rotatable bonds is 3. The molecular formula is C8H11NOS. The summed E-state index contributed by atoms with van der Waals surface area (Å²) in [5.74, 6) is 0.728. The Bertz CT molecular complexity index is 235. The smallest absolute Gasteiger partial charge is 0.0571 e. The van der Waals surface area contributed by atoms with E-state index in [0.29, 0.717) is 0 Å². The van der Waals surface area contributed by atoms with E-state index in [1.807, 2.05) is 19.1 Å². The summed E-state index contributed by atoms with van der Waals surface area (Å²) in [6.07, 6.45) is 4.29. The van der Waals surface area contributed by atoms with E-state index in [0.717, 1.165) is 17.1 Å². The van der Waals surface area contributed by atoms with E-state index in [1.54, 1.807) is 12.4 Å². The van der Waals surface area contributed by atoms with E-state index < -0.39 is 10.8 Å². The zero-order valence-corrected chi connectivity index (χ0v) is 7.30. The van der Waals surface area contributed by atoms with Crippen molar-refractivity contribution in [1.82, 2.24) is 4.98 Å². The van der Waals surface area contributed by atoms with Gasteiger partial charge in [-0.2, -0.15) is 0 Å². The van der Waals surface area contributed by atoms with Gasteiger partial charge in [0.05, 0.1) is 15.7 Å². The molecule has 0 saturated heterocycles. The Kier molecular flexibility index (Phi) is 3.23. The molecule has 11 heavy (non-hydrogen) atoms. The minimum Gasteiger partial charge on any atom is -0.263 e. The van der Waals surface area contributed by atoms with E-state index in [4.69, 9.17) is 0 Å². The van der Waals surface area contributed by atoms with Crippen molar-refractivity contribution in [3.8, 4) is 0 Å². The average molecular weight is 169 g/mol. The molecule has 1 heterocycles. The van der Waals surface area contributed by atoms with Crippen molar-refractivity contribution in [3.05, 3.63) is 24.5 Å². The van der Waals surface area contributed by atoms with Gasteiger partial charge in [0, 0.05) is 18.1 Å². The fraction of sp³-hybridized carbons (Fsp3) is 0.375. The third kappa shape index (κ3) is 2.42. The van der Waals surface area contributed by atoms with Gasteiger partial charge in [0.25, 0.3) is 0 Å². The maximum absolute atomic E-state index is 11.3. The Labute approximate surface area is 69.1 Å². The molecule has 0 radical (unpaired) electrons. The van der Waals surface area contributed by atoms with Gasteiger partial charge in [-0.25, -0.2) is 0 Å². The van der Waals surface area contributed by atoms with E-state index >= 15 is 0 Å². The van der Waals surface area contributed by atoms with Crippen LogP contribution in [-0.4, -0.2) is 14.9 Å². The summed E-state index contributed by atoms with van der Waals surface area (Å²) in [4.78, 5) is 4.72. The van der Waals surface area contributed by atoms with Crippen LogP contribution < -0.4 is 0 Å². The summed E-state index contributed by atoms with van der Waals surface area (Å²) in [5, 5.41) is 0. The van der Waals surface area contributed by atoms with Gasteiger partial charge in [0.15, 0.2) is 0 Å². The Morgan fingerprint density at radius 2 is 2.45 bits per heavy atom. The molecule has 0 aliphatic heterocycles. The van der Waals surface area contributed by atoms with Crippen LogP contribution >= 0.6 is 0 Å². The first-order valence-corrected chi connectivity index (χ1v) is 4.95. The molecule has 1 atom stereocenters. The number of hydrogen-bond acceptors (Lipinski definition) is 2. The van der Waals surface area contributed by atoms with Gasteiger partial charge in [0.2, 0.25) is 0 Å². The second-order valence-corrected chi connectivity index (χ2v) is 3.81. The van der Waals surface area contributed by atoms with Crippen molar-refractivity contribution >= 4 is 10.8 Å². The first-order valence-electron chi connectivity index (χ1n) is 3.63. The second kappa shape index (κ2) is 4.23. The Hall–Kier alpha value is -0.700. The molecule has 1 aromatic heterocycles. The summed E-state index contributed by atoms with van der Waals surface area (Å²) >= 11 is 0. The lowest BCUT2D eigenvalue weighted by atomic mass is 10.5. The minimum atomic E-state index is -0.846. The summed E-state index contributed by atoms with van der Waals surface area (Å²) < 4.78 is 11.3. The molecule has 0 N–H and O–H groups in total. The number of nitrogens with zero attached hydrogens (tertiary/aromatic N) is 1. The SMILES string of the molecule is CCCS(=O)c1cccnc1. The van der Waals surface area contributed by atoms with Gasteiger partial charge in [0.1, 0.15) is 0 Å². The quantitative estimate of drug-likeness (QED) is 0.688. The van der Waals surface area contributed by atoms with Crippen LogP contribution in [0.5, 0.6) is 0 Å². The van der Waals surface area contributed by atoms with Gasteiger partial charge in [-0.15, -0.1) is 0 Å². The Morgan fingerprint density at radius 3 is 3.00 bits per heavy atom. The van der Waals surface area contributed by atoms with Gasteiger partial charge >= 0.3 is 0 Å². The topological polar surface area (TPSA) is 30.0 Å². The van der Waals surface area contributed by atoms with Crippen LogP contribution in [0.1, 0.15) is 13.3 Å². The Morgan fingerprint density at radius 1 is 1.64 bits per heavy atom. The van der Waals surface area contributed by atoms with Crippen molar-refractivity contribution in [2.24, 2.45) is 0 Å². The molecule has 1 unspecified atom stereocenters. The Balaban J connectivity index is 2.69. The molecule has 0 saturated carbocycles. The lowest BCUT2D eigenvalue weighted by molar-refractivity contribution is 0.681. The molecule has 2 nitrogen and oxygen atoms in total. The van der Waals surface area contributed by atoms with Crippen molar-refractivity contribution in [2.75, 3.05) is 5.75 Å². The van der Waals surface area contributed by atoms with Crippen molar-refractivity contribution < 1.29 is 4.21 Å². The molecular weight excluding hydrogens is 158 g/mol. The predicted molar refractivity (Wildman–Crippen MR) is 45.8 cm³/mol. The summed E-state index contributed by atoms with van der Waals surface area (Å²) in [6.45, 7) is 2.02. The van der Waals surface area contributed by atoms with E-state index in [2.05, 4.69) is 4.98 Å². The molecule has 0 fully saturated rings. The highest BCUT2D eigenvalue weighted by atomic mass is 32.2. The van der Waals surface area contributed by atoms with Crippen molar-refractivity contribution in [2.45, 2.75) is 18.2 Å². The van der Waals surface area contributed by atoms with Crippen molar-refractivity contribution in [1.29, 1.82) is 0 Å². The van der Waals surface area contributed by atoms with Crippen molar-refractivity contribution in [3.63, 3.8) is 0 Å². The zero-order valence-electron chi connectivity index (χ0n) is 6.49. The standard InChI is InChI=1S/C8H11NOS/c1-2-6-11(10)8-4-3-5-9-7-8/h3-5,7H,2,6H2,1H3. The molecule has 0 bridgehead atoms. The van der Waals surface area contributed by atoms with E-state index in [9.17, 15) is 4.21 Å². The largest absolute Gasteiger partial charge is 0.263 e. The van der Waals surface area contributed by atoms with E-state index in [-0.39, 0.29) is 0 Å². The van der Waals surface area contributed by atoms with Gasteiger partial charge in [-0.3, -0.25) is 9.19 Å². The molecule has 0 aromatic carbocycles. The molecule has 60 valence electrons. The number of pyridine rings is 1. The molecule has 0 amide bonds. The van der Waals surface area contributed by atoms with Crippen LogP contribution in [-0.2, 0) is 10.8 Å². The summed E-state index contributed by atoms with van der Waals surface area (Å²) in [5.41, 5.74) is 0. The first kappa shape index (κ1) is 8.40. The second-order valence-electron chi connectivity index (χ2n) is 2.24. The highest BCUT2D eigenvalue weighted by Gasteiger charge is 1.99. The third-order valence-corrected chi connectivity index (χ3v) is 2.83. The van der Waals surface area contributed by atoms with Gasteiger partial charge in [-0.1, -0.05) is 6.92 Å². The lowest BCUT2D eigenvalue weighted by Gasteiger charge is -1.96. The first-order chi connectivity index (χ1) is 5.34. The van der Waals surface area contributed by atoms with E-state index in [1.165, 1.54) is 0 Å². The third-order valence-electron chi connectivity index (χ3n) is 1.29. The number of hydrogen-bond donors (Lipinski definition) is 0. The molecule has 1 aromatic rings. The predicted octanol–water partition coefficient (Wildman–Crippen LogP) is 1.60. The lowest BCUT2D eigenvalue weighted by Crippen LogP contribution is -1.96. The summed E-state index contributed by atoms with van der Waals surface area (Å²) in [6, 6.07) is 3.65. The monoisotopic (exact) mass is 169 g/mol. The fourth-order valence-electron chi connectivity index (χ4n) is 0.785. The molecule has 3 heteroatoms. The normalized spacial score (nSPS) is 12.8. The van der Waals surface area contributed by atoms with Crippen LogP contribution in [0.4, 0.5) is 0 Å². The van der Waals surface area contributed by atoms with Crippen LogP contribution in [0.25, 0.3) is 0 Å². The van der Waals surface area contributed by atoms with Gasteiger partial charge in [-0.05, 0) is 18.6 Å². The van der Waals surface area contributed by atoms with Gasteiger partial charge < -0.3 is 0 Å². The fourth-order valence-corrected chi connectivity index (χ4v) is 1.80. The minimum absolute atomic E-state index is 0.728. The van der Waals surface area contributed by atoms with Crippen LogP contribution in [0.2, 0.25) is 0 Å². The average Bonchev–Trinajstić information content (AvgIpc) is 2.07. The molecule has 1 rings (SSSR count). The van der Waals surface area contributed by atoms with Crippen LogP contribution in [0.3, 0.4) is 0 Å². The maximum Gasteiger partial charge on any atom is 0.0571 e.